The molecule has 1 aromatic rings. The van der Waals surface area contributed by atoms with E-state index >= 15 is 0 Å². The number of nitrogens with one attached hydrogen (secondary N) is 2. The van der Waals surface area contributed by atoms with Crippen LogP contribution in [0.3, 0.4) is 0 Å². The first-order chi connectivity index (χ1) is 13.8. The summed E-state index contributed by atoms with van der Waals surface area (Å²) in [6.07, 6.45) is 4.38. The van der Waals surface area contributed by atoms with Crippen molar-refractivity contribution in [2.24, 2.45) is 0 Å². The van der Waals surface area contributed by atoms with Crippen molar-refractivity contribution in [1.29, 1.82) is 0 Å². The van der Waals surface area contributed by atoms with Crippen LogP contribution in [0.1, 0.15) is 63.1 Å². The molecule has 3 rings (SSSR count). The van der Waals surface area contributed by atoms with Crippen molar-refractivity contribution >= 4 is 11.9 Å². The van der Waals surface area contributed by atoms with Gasteiger partial charge in [0.1, 0.15) is 0 Å². The van der Waals surface area contributed by atoms with E-state index in [0.717, 1.165) is 45.3 Å². The van der Waals surface area contributed by atoms with Crippen molar-refractivity contribution in [2.75, 3.05) is 33.7 Å². The SMILES string of the molecule is CC(C)NC(=O)NC1CC2(CCN(C(=O)CCCN(C)C)CC2)c2ccccc21. The summed E-state index contributed by atoms with van der Waals surface area (Å²) in [5.41, 5.74) is 2.65. The quantitative estimate of drug-likeness (QED) is 0.771. The molecule has 6 nitrogen and oxygen atoms in total. The molecule has 1 aliphatic heterocycles. The van der Waals surface area contributed by atoms with Gasteiger partial charge in [-0.25, -0.2) is 4.79 Å². The molecule has 1 atom stereocenters. The van der Waals surface area contributed by atoms with E-state index in [1.165, 1.54) is 11.1 Å². The molecule has 2 aliphatic rings. The number of rotatable bonds is 6. The molecule has 1 aromatic carbocycles. The van der Waals surface area contributed by atoms with E-state index in [1.54, 1.807) is 0 Å². The van der Waals surface area contributed by atoms with E-state index in [-0.39, 0.29) is 29.4 Å². The molecule has 2 N–H and O–H groups in total. The minimum atomic E-state index is -0.106. The van der Waals surface area contributed by atoms with Crippen LogP contribution in [0.2, 0.25) is 0 Å². The topological polar surface area (TPSA) is 64.7 Å². The number of hydrogen-bond acceptors (Lipinski definition) is 3. The number of carbonyl (C=O) groups is 2. The first-order valence-electron chi connectivity index (χ1n) is 10.9. The average Bonchev–Trinajstić information content (AvgIpc) is 2.95. The predicted molar refractivity (Wildman–Crippen MR) is 116 cm³/mol. The highest BCUT2D eigenvalue weighted by Gasteiger charge is 2.46. The van der Waals surface area contributed by atoms with Crippen LogP contribution in [-0.2, 0) is 10.2 Å². The van der Waals surface area contributed by atoms with Crippen LogP contribution in [0.15, 0.2) is 24.3 Å². The molecule has 1 aliphatic carbocycles. The Kier molecular flexibility index (Phi) is 6.83. The molecule has 1 unspecified atom stereocenters. The van der Waals surface area contributed by atoms with E-state index in [0.29, 0.717) is 6.42 Å². The monoisotopic (exact) mass is 400 g/mol. The lowest BCUT2D eigenvalue weighted by Crippen LogP contribution is -2.45. The van der Waals surface area contributed by atoms with Gasteiger partial charge in [-0.1, -0.05) is 24.3 Å². The lowest BCUT2D eigenvalue weighted by Gasteiger charge is -2.40. The summed E-state index contributed by atoms with van der Waals surface area (Å²) in [6, 6.07) is 8.54. The van der Waals surface area contributed by atoms with Gasteiger partial charge in [0, 0.05) is 31.0 Å². The van der Waals surface area contributed by atoms with Crippen molar-refractivity contribution in [1.82, 2.24) is 20.4 Å². The molecule has 1 spiro atoms. The average molecular weight is 401 g/mol. The second-order valence-corrected chi connectivity index (χ2v) is 9.18. The van der Waals surface area contributed by atoms with E-state index in [9.17, 15) is 9.59 Å². The molecule has 0 saturated carbocycles. The number of likely N-dealkylation sites (tertiary alicyclic amines) is 1. The molecule has 1 fully saturated rings. The zero-order valence-corrected chi connectivity index (χ0v) is 18.3. The van der Waals surface area contributed by atoms with E-state index in [4.69, 9.17) is 0 Å². The maximum atomic E-state index is 12.6. The predicted octanol–water partition coefficient (Wildman–Crippen LogP) is 3.04. The number of benzene rings is 1. The third-order valence-electron chi connectivity index (χ3n) is 6.30. The van der Waals surface area contributed by atoms with Crippen molar-refractivity contribution in [3.05, 3.63) is 35.4 Å². The van der Waals surface area contributed by atoms with Gasteiger partial charge in [0.05, 0.1) is 6.04 Å². The summed E-state index contributed by atoms with van der Waals surface area (Å²) >= 11 is 0. The van der Waals surface area contributed by atoms with Crippen molar-refractivity contribution in [3.8, 4) is 0 Å². The molecule has 0 bridgehead atoms. The number of carbonyl (C=O) groups excluding carboxylic acids is 2. The molecule has 0 radical (unpaired) electrons. The Labute approximate surface area is 175 Å². The van der Waals surface area contributed by atoms with Crippen LogP contribution in [0, 0.1) is 0 Å². The van der Waals surface area contributed by atoms with Gasteiger partial charge in [0.2, 0.25) is 5.91 Å². The van der Waals surface area contributed by atoms with Crippen LogP contribution in [-0.4, -0.2) is 61.5 Å². The Hall–Kier alpha value is -2.08. The molecule has 1 heterocycles. The van der Waals surface area contributed by atoms with Gasteiger partial charge in [-0.2, -0.15) is 0 Å². The zero-order valence-electron chi connectivity index (χ0n) is 18.3. The normalized spacial score (nSPS) is 20.2. The van der Waals surface area contributed by atoms with Gasteiger partial charge in [0.25, 0.3) is 0 Å². The van der Waals surface area contributed by atoms with E-state index < -0.39 is 0 Å². The highest BCUT2D eigenvalue weighted by Crippen LogP contribution is 2.50. The van der Waals surface area contributed by atoms with Crippen molar-refractivity contribution in [3.63, 3.8) is 0 Å². The molecule has 6 heteroatoms. The fraction of sp³-hybridized carbons (Fsp3) is 0.652. The maximum absolute atomic E-state index is 12.6. The Bertz CT molecular complexity index is 723. The number of urea groups is 1. The maximum Gasteiger partial charge on any atom is 0.315 e. The molecule has 3 amide bonds. The van der Waals surface area contributed by atoms with E-state index in [1.807, 2.05) is 32.8 Å². The Morgan fingerprint density at radius 1 is 1.21 bits per heavy atom. The largest absolute Gasteiger partial charge is 0.343 e. The molecule has 1 saturated heterocycles. The Morgan fingerprint density at radius 3 is 2.55 bits per heavy atom. The number of fused-ring (bicyclic) bond motifs is 2. The van der Waals surface area contributed by atoms with Crippen molar-refractivity contribution in [2.45, 2.75) is 63.5 Å². The Balaban J connectivity index is 1.64. The number of hydrogen-bond donors (Lipinski definition) is 2. The Morgan fingerprint density at radius 2 is 1.90 bits per heavy atom. The smallest absolute Gasteiger partial charge is 0.315 e. The number of nitrogens with zero attached hydrogens (tertiary/aromatic N) is 2. The summed E-state index contributed by atoms with van der Waals surface area (Å²) < 4.78 is 0. The van der Waals surface area contributed by atoms with Crippen LogP contribution < -0.4 is 10.6 Å². The van der Waals surface area contributed by atoms with Crippen LogP contribution in [0.25, 0.3) is 0 Å². The van der Waals surface area contributed by atoms with Crippen LogP contribution >= 0.6 is 0 Å². The highest BCUT2D eigenvalue weighted by atomic mass is 16.2. The lowest BCUT2D eigenvalue weighted by atomic mass is 9.73. The lowest BCUT2D eigenvalue weighted by molar-refractivity contribution is -0.133. The third kappa shape index (κ3) is 5.10. The van der Waals surface area contributed by atoms with Gasteiger partial charge < -0.3 is 20.4 Å². The second kappa shape index (κ2) is 9.16. The summed E-state index contributed by atoms with van der Waals surface area (Å²) in [4.78, 5) is 29.0. The third-order valence-corrected chi connectivity index (χ3v) is 6.30. The number of piperidine rings is 1. The molecule has 0 aromatic heterocycles. The van der Waals surface area contributed by atoms with Crippen LogP contribution in [0.5, 0.6) is 0 Å². The standard InChI is InChI=1S/C23H36N4O2/c1-17(2)24-22(29)25-20-16-23(19-9-6-5-8-18(19)20)11-14-27(15-12-23)21(28)10-7-13-26(3)4/h5-6,8-9,17,20H,7,10-16H2,1-4H3,(H2,24,25,29). The summed E-state index contributed by atoms with van der Waals surface area (Å²) in [7, 11) is 4.08. The van der Waals surface area contributed by atoms with Crippen molar-refractivity contribution < 1.29 is 9.59 Å². The summed E-state index contributed by atoms with van der Waals surface area (Å²) in [5.74, 6) is 0.277. The highest BCUT2D eigenvalue weighted by molar-refractivity contribution is 5.76. The van der Waals surface area contributed by atoms with Gasteiger partial charge in [-0.05, 0) is 71.3 Å². The zero-order chi connectivity index (χ0) is 21.0. The van der Waals surface area contributed by atoms with E-state index in [2.05, 4.69) is 39.8 Å². The molecular weight excluding hydrogens is 364 g/mol. The van der Waals surface area contributed by atoms with Gasteiger partial charge >= 0.3 is 6.03 Å². The molecule has 160 valence electrons. The fourth-order valence-electron chi connectivity index (χ4n) is 4.85. The van der Waals surface area contributed by atoms with Gasteiger partial charge in [-0.3, -0.25) is 4.79 Å². The summed E-state index contributed by atoms with van der Waals surface area (Å²) in [5, 5.41) is 6.11. The first kappa shape index (κ1) is 21.6. The first-order valence-corrected chi connectivity index (χ1v) is 10.9. The summed E-state index contributed by atoms with van der Waals surface area (Å²) in [6.45, 7) is 6.49. The number of amides is 3. The van der Waals surface area contributed by atoms with Crippen LogP contribution in [0.4, 0.5) is 4.79 Å². The fourth-order valence-corrected chi connectivity index (χ4v) is 4.85. The minimum absolute atomic E-state index is 0.0345. The molecular formula is C23H36N4O2. The van der Waals surface area contributed by atoms with Gasteiger partial charge in [-0.15, -0.1) is 0 Å². The molecule has 29 heavy (non-hydrogen) atoms. The second-order valence-electron chi connectivity index (χ2n) is 9.18. The van der Waals surface area contributed by atoms with Gasteiger partial charge in [0.15, 0.2) is 0 Å². The minimum Gasteiger partial charge on any atom is -0.343 e.